The molecule has 0 unspecified atom stereocenters. The lowest BCUT2D eigenvalue weighted by atomic mass is 10.1. The number of amides is 2. The molecule has 0 radical (unpaired) electrons. The average molecular weight is 438 g/mol. The number of carbonyl (C=O) groups excluding carboxylic acids is 2. The molecule has 1 heterocycles. The average Bonchev–Trinajstić information content (AvgIpc) is 3.01. The zero-order valence-corrected chi connectivity index (χ0v) is 17.4. The highest BCUT2D eigenvalue weighted by atomic mass is 32.2. The van der Waals surface area contributed by atoms with Gasteiger partial charge in [-0.25, -0.2) is 0 Å². The molecular weight excluding hydrogens is 420 g/mol. The topological polar surface area (TPSA) is 99.0 Å². The normalized spacial score (nSPS) is 14.6. The molecule has 0 N–H and O–H groups in total. The number of nitro groups is 1. The van der Waals surface area contributed by atoms with E-state index in [2.05, 4.69) is 5.92 Å². The molecule has 0 spiro atoms. The molecule has 1 aliphatic rings. The fraction of sp³-hybridized carbons (Fsp3) is 0.182. The number of nitrogens with zero attached hydrogens (tertiary/aromatic N) is 2. The Labute approximate surface area is 183 Å². The van der Waals surface area contributed by atoms with Crippen molar-refractivity contribution in [3.63, 3.8) is 0 Å². The van der Waals surface area contributed by atoms with Crippen molar-refractivity contribution in [2.45, 2.75) is 13.5 Å². The van der Waals surface area contributed by atoms with E-state index in [1.165, 1.54) is 12.1 Å². The SMILES string of the molecule is C#CCN1C(=O)S/C(=C/c2ccc(OCc3cccc([N+](=O)[O-])c3)c(OCC)c2)C1=O. The molecule has 2 aromatic carbocycles. The Morgan fingerprint density at radius 1 is 1.19 bits per heavy atom. The summed E-state index contributed by atoms with van der Waals surface area (Å²) in [6.07, 6.45) is 6.80. The zero-order valence-electron chi connectivity index (χ0n) is 16.6. The predicted molar refractivity (Wildman–Crippen MR) is 117 cm³/mol. The Balaban J connectivity index is 1.79. The van der Waals surface area contributed by atoms with Gasteiger partial charge in [0.1, 0.15) is 6.61 Å². The number of hydrogen-bond donors (Lipinski definition) is 0. The van der Waals surface area contributed by atoms with Gasteiger partial charge in [-0.3, -0.25) is 24.6 Å². The predicted octanol–water partition coefficient (Wildman–Crippen LogP) is 4.24. The van der Waals surface area contributed by atoms with Gasteiger partial charge in [0.05, 0.1) is 23.0 Å². The maximum atomic E-state index is 12.3. The van der Waals surface area contributed by atoms with Gasteiger partial charge in [-0.15, -0.1) is 6.42 Å². The number of hydrogen-bond acceptors (Lipinski definition) is 7. The summed E-state index contributed by atoms with van der Waals surface area (Å²) < 4.78 is 11.4. The summed E-state index contributed by atoms with van der Waals surface area (Å²) in [5.41, 5.74) is 1.28. The van der Waals surface area contributed by atoms with E-state index in [1.807, 2.05) is 6.92 Å². The first kappa shape index (κ1) is 21.9. The first-order valence-corrected chi connectivity index (χ1v) is 10.1. The molecule has 1 fully saturated rings. The van der Waals surface area contributed by atoms with Crippen LogP contribution in [-0.2, 0) is 11.4 Å². The summed E-state index contributed by atoms with van der Waals surface area (Å²) in [6, 6.07) is 11.3. The molecule has 1 saturated heterocycles. The van der Waals surface area contributed by atoms with Crippen molar-refractivity contribution in [2.24, 2.45) is 0 Å². The molecule has 9 heteroatoms. The minimum atomic E-state index is -0.463. The van der Waals surface area contributed by atoms with Crippen LogP contribution in [0.5, 0.6) is 11.5 Å². The van der Waals surface area contributed by atoms with Crippen LogP contribution in [0.15, 0.2) is 47.4 Å². The quantitative estimate of drug-likeness (QED) is 0.263. The van der Waals surface area contributed by atoms with Gasteiger partial charge in [-0.2, -0.15) is 0 Å². The summed E-state index contributed by atoms with van der Waals surface area (Å²) in [5, 5.41) is 10.5. The minimum Gasteiger partial charge on any atom is -0.490 e. The fourth-order valence-corrected chi connectivity index (χ4v) is 3.64. The summed E-state index contributed by atoms with van der Waals surface area (Å²) in [7, 11) is 0. The van der Waals surface area contributed by atoms with Crippen LogP contribution < -0.4 is 9.47 Å². The highest BCUT2D eigenvalue weighted by Gasteiger charge is 2.34. The maximum absolute atomic E-state index is 12.3. The van der Waals surface area contributed by atoms with Crippen molar-refractivity contribution in [1.82, 2.24) is 4.90 Å². The van der Waals surface area contributed by atoms with Crippen molar-refractivity contribution in [1.29, 1.82) is 0 Å². The van der Waals surface area contributed by atoms with Gasteiger partial charge in [0.2, 0.25) is 0 Å². The number of ether oxygens (including phenoxy) is 2. The van der Waals surface area contributed by atoms with E-state index in [-0.39, 0.29) is 23.7 Å². The van der Waals surface area contributed by atoms with E-state index in [4.69, 9.17) is 15.9 Å². The third kappa shape index (κ3) is 5.24. The third-order valence-corrected chi connectivity index (χ3v) is 5.11. The van der Waals surface area contributed by atoms with Gasteiger partial charge in [0.15, 0.2) is 11.5 Å². The van der Waals surface area contributed by atoms with Crippen molar-refractivity contribution in [2.75, 3.05) is 13.2 Å². The molecule has 8 nitrogen and oxygen atoms in total. The summed E-state index contributed by atoms with van der Waals surface area (Å²) in [6.45, 7) is 2.25. The van der Waals surface area contributed by atoms with E-state index in [9.17, 15) is 19.7 Å². The maximum Gasteiger partial charge on any atom is 0.294 e. The van der Waals surface area contributed by atoms with Gasteiger partial charge in [-0.05, 0) is 48.0 Å². The van der Waals surface area contributed by atoms with E-state index in [1.54, 1.807) is 36.4 Å². The minimum absolute atomic E-state index is 0.0136. The molecule has 0 aromatic heterocycles. The lowest BCUT2D eigenvalue weighted by Gasteiger charge is -2.13. The van der Waals surface area contributed by atoms with Crippen LogP contribution in [0.3, 0.4) is 0 Å². The number of nitro benzene ring substituents is 1. The second-order valence-electron chi connectivity index (χ2n) is 6.33. The van der Waals surface area contributed by atoms with Gasteiger partial charge in [0.25, 0.3) is 16.8 Å². The lowest BCUT2D eigenvalue weighted by molar-refractivity contribution is -0.384. The number of carbonyl (C=O) groups is 2. The second-order valence-corrected chi connectivity index (χ2v) is 7.32. The van der Waals surface area contributed by atoms with Crippen LogP contribution in [0.1, 0.15) is 18.1 Å². The third-order valence-electron chi connectivity index (χ3n) is 4.20. The first-order valence-electron chi connectivity index (χ1n) is 9.24. The number of imide groups is 1. The summed E-state index contributed by atoms with van der Waals surface area (Å²) in [5.74, 6) is 2.76. The van der Waals surface area contributed by atoms with Crippen molar-refractivity contribution in [3.05, 3.63) is 68.6 Å². The van der Waals surface area contributed by atoms with Gasteiger partial charge in [0, 0.05) is 12.1 Å². The van der Waals surface area contributed by atoms with Crippen LogP contribution in [-0.4, -0.2) is 34.1 Å². The van der Waals surface area contributed by atoms with Crippen LogP contribution in [0.2, 0.25) is 0 Å². The first-order chi connectivity index (χ1) is 14.9. The fourth-order valence-electron chi connectivity index (χ4n) is 2.80. The number of benzene rings is 2. The number of rotatable bonds is 8. The molecule has 1 aliphatic heterocycles. The molecule has 2 amide bonds. The Hall–Kier alpha value is -3.77. The smallest absolute Gasteiger partial charge is 0.294 e. The van der Waals surface area contributed by atoms with E-state index < -0.39 is 16.1 Å². The molecule has 3 rings (SSSR count). The van der Waals surface area contributed by atoms with E-state index in [0.29, 0.717) is 29.2 Å². The largest absolute Gasteiger partial charge is 0.490 e. The van der Waals surface area contributed by atoms with E-state index >= 15 is 0 Å². The Morgan fingerprint density at radius 2 is 2.00 bits per heavy atom. The zero-order chi connectivity index (χ0) is 22.4. The van der Waals surface area contributed by atoms with Gasteiger partial charge >= 0.3 is 0 Å². The van der Waals surface area contributed by atoms with Crippen LogP contribution >= 0.6 is 11.8 Å². The number of thioether (sulfide) groups is 1. The Kier molecular flexibility index (Phi) is 6.95. The van der Waals surface area contributed by atoms with Crippen LogP contribution in [0.25, 0.3) is 6.08 Å². The second kappa shape index (κ2) is 9.82. The van der Waals surface area contributed by atoms with Crippen molar-refractivity contribution < 1.29 is 24.0 Å². The lowest BCUT2D eigenvalue weighted by Crippen LogP contribution is -2.28. The van der Waals surface area contributed by atoms with E-state index in [0.717, 1.165) is 16.7 Å². The Morgan fingerprint density at radius 3 is 2.71 bits per heavy atom. The van der Waals surface area contributed by atoms with Crippen LogP contribution in [0, 0.1) is 22.5 Å². The molecule has 0 atom stereocenters. The molecule has 158 valence electrons. The molecule has 31 heavy (non-hydrogen) atoms. The Bertz CT molecular complexity index is 1110. The number of non-ortho nitro benzene ring substituents is 1. The summed E-state index contributed by atoms with van der Waals surface area (Å²) >= 11 is 0.827. The van der Waals surface area contributed by atoms with Crippen LogP contribution in [0.4, 0.5) is 10.5 Å². The molecule has 0 aliphatic carbocycles. The molecule has 0 bridgehead atoms. The molecule has 2 aromatic rings. The highest BCUT2D eigenvalue weighted by Crippen LogP contribution is 2.34. The number of terminal acetylenes is 1. The summed E-state index contributed by atoms with van der Waals surface area (Å²) in [4.78, 5) is 36.0. The van der Waals surface area contributed by atoms with Gasteiger partial charge in [-0.1, -0.05) is 24.1 Å². The van der Waals surface area contributed by atoms with Crippen molar-refractivity contribution in [3.8, 4) is 23.8 Å². The molecular formula is C22H18N2O6S. The standard InChI is InChI=1S/C22H18N2O6S/c1-3-10-23-21(25)20(31-22(23)26)13-15-8-9-18(19(12-15)29-4-2)30-14-16-6-5-7-17(11-16)24(27)28/h1,5-9,11-13H,4,10,14H2,2H3/b20-13+. The van der Waals surface area contributed by atoms with Gasteiger partial charge < -0.3 is 9.47 Å². The monoisotopic (exact) mass is 438 g/mol. The molecule has 0 saturated carbocycles. The highest BCUT2D eigenvalue weighted by molar-refractivity contribution is 8.18. The van der Waals surface area contributed by atoms with Crippen molar-refractivity contribution >= 4 is 34.7 Å².